The molecule has 3 aromatic rings. The summed E-state index contributed by atoms with van der Waals surface area (Å²) in [5.74, 6) is 2.78. The van der Waals surface area contributed by atoms with Crippen molar-refractivity contribution in [2.75, 3.05) is 7.05 Å². The molecule has 0 spiro atoms. The van der Waals surface area contributed by atoms with Gasteiger partial charge < -0.3 is 15.2 Å². The lowest BCUT2D eigenvalue weighted by molar-refractivity contribution is -0.121. The lowest BCUT2D eigenvalue weighted by Crippen LogP contribution is -2.38. The fourth-order valence-electron chi connectivity index (χ4n) is 4.36. The molecule has 1 heterocycles. The summed E-state index contributed by atoms with van der Waals surface area (Å²) in [4.78, 5) is 29.6. The maximum absolute atomic E-state index is 13.0. The molecule has 2 N–H and O–H groups in total. The standard InChI is InChI=1S/C26H27N3O2/c1-4-17-16-27-24-13-10-20(14-23(17)24)18-6-8-19(9-7-18)26(31)29(3)22-12-11-21(15-22)28-25(30)5-2/h1,6-10,13-14,16,21-22,27H,5,11-12,15H2,2-3H3,(H,28,30). The van der Waals surface area contributed by atoms with Gasteiger partial charge in [0.1, 0.15) is 0 Å². The Kier molecular flexibility index (Phi) is 5.81. The van der Waals surface area contributed by atoms with Crippen LogP contribution >= 0.6 is 0 Å². The zero-order valence-electron chi connectivity index (χ0n) is 17.9. The molecule has 5 nitrogen and oxygen atoms in total. The molecule has 1 saturated carbocycles. The molecular weight excluding hydrogens is 386 g/mol. The molecule has 2 amide bonds. The van der Waals surface area contributed by atoms with Crippen LogP contribution in [0.25, 0.3) is 22.0 Å². The van der Waals surface area contributed by atoms with Gasteiger partial charge >= 0.3 is 0 Å². The largest absolute Gasteiger partial charge is 0.360 e. The average Bonchev–Trinajstić information content (AvgIpc) is 3.44. The Bertz CT molecular complexity index is 1150. The van der Waals surface area contributed by atoms with Crippen LogP contribution in [0.4, 0.5) is 0 Å². The zero-order chi connectivity index (χ0) is 22.0. The van der Waals surface area contributed by atoms with Gasteiger partial charge in [0.2, 0.25) is 5.91 Å². The first-order chi connectivity index (χ1) is 15.0. The van der Waals surface area contributed by atoms with Gasteiger partial charge in [-0.05, 0) is 54.7 Å². The number of carbonyl (C=O) groups is 2. The number of hydrogen-bond donors (Lipinski definition) is 2. The number of benzene rings is 2. The van der Waals surface area contributed by atoms with E-state index in [1.165, 1.54) is 0 Å². The Morgan fingerprint density at radius 2 is 1.90 bits per heavy atom. The lowest BCUT2D eigenvalue weighted by Gasteiger charge is -2.25. The topological polar surface area (TPSA) is 65.2 Å². The van der Waals surface area contributed by atoms with Gasteiger partial charge in [0.05, 0.1) is 0 Å². The van der Waals surface area contributed by atoms with E-state index in [-0.39, 0.29) is 23.9 Å². The first kappa shape index (κ1) is 20.7. The molecule has 4 rings (SSSR count). The average molecular weight is 414 g/mol. The summed E-state index contributed by atoms with van der Waals surface area (Å²) in [5.41, 5.74) is 4.61. The second-order valence-corrected chi connectivity index (χ2v) is 8.19. The zero-order valence-corrected chi connectivity index (χ0v) is 17.9. The highest BCUT2D eigenvalue weighted by molar-refractivity contribution is 5.95. The summed E-state index contributed by atoms with van der Waals surface area (Å²) >= 11 is 0. The van der Waals surface area contributed by atoms with Gasteiger partial charge in [-0.3, -0.25) is 9.59 Å². The van der Waals surface area contributed by atoms with Gasteiger partial charge in [0.25, 0.3) is 5.91 Å². The Morgan fingerprint density at radius 1 is 1.16 bits per heavy atom. The summed E-state index contributed by atoms with van der Waals surface area (Å²) in [6, 6.07) is 14.2. The fourth-order valence-corrected chi connectivity index (χ4v) is 4.36. The van der Waals surface area contributed by atoms with Crippen LogP contribution in [0.5, 0.6) is 0 Å². The summed E-state index contributed by atoms with van der Waals surface area (Å²) in [7, 11) is 1.85. The molecule has 0 saturated heterocycles. The minimum Gasteiger partial charge on any atom is -0.360 e. The van der Waals surface area contributed by atoms with Gasteiger partial charge in [-0.15, -0.1) is 6.42 Å². The Morgan fingerprint density at radius 3 is 2.61 bits per heavy atom. The number of rotatable bonds is 5. The number of aromatic amines is 1. The van der Waals surface area contributed by atoms with Crippen LogP contribution in [0.1, 0.15) is 48.5 Å². The number of amides is 2. The van der Waals surface area contributed by atoms with Gasteiger partial charge in [-0.2, -0.15) is 0 Å². The molecule has 1 aromatic heterocycles. The predicted octanol–water partition coefficient (Wildman–Crippen LogP) is 4.34. The molecule has 0 bridgehead atoms. The molecule has 1 aliphatic carbocycles. The van der Waals surface area contributed by atoms with Crippen LogP contribution in [0, 0.1) is 12.3 Å². The fraction of sp³-hybridized carbons (Fsp3) is 0.308. The molecule has 158 valence electrons. The maximum atomic E-state index is 13.0. The summed E-state index contributed by atoms with van der Waals surface area (Å²) in [6.07, 6.45) is 10.5. The van der Waals surface area contributed by atoms with Crippen molar-refractivity contribution in [3.8, 4) is 23.5 Å². The molecule has 2 unspecified atom stereocenters. The Balaban J connectivity index is 1.46. The maximum Gasteiger partial charge on any atom is 0.253 e. The van der Waals surface area contributed by atoms with Crippen LogP contribution in [0.2, 0.25) is 0 Å². The smallest absolute Gasteiger partial charge is 0.253 e. The van der Waals surface area contributed by atoms with Crippen molar-refractivity contribution in [1.29, 1.82) is 0 Å². The molecule has 2 aromatic carbocycles. The molecular formula is C26H27N3O2. The van der Waals surface area contributed by atoms with Crippen LogP contribution in [-0.4, -0.2) is 40.8 Å². The Hall–Kier alpha value is -3.52. The van der Waals surface area contributed by atoms with E-state index in [4.69, 9.17) is 6.42 Å². The van der Waals surface area contributed by atoms with E-state index >= 15 is 0 Å². The normalized spacial score (nSPS) is 18.0. The molecule has 0 radical (unpaired) electrons. The minimum atomic E-state index is 0.00900. The van der Waals surface area contributed by atoms with Crippen LogP contribution in [-0.2, 0) is 4.79 Å². The quantitative estimate of drug-likeness (QED) is 0.611. The van der Waals surface area contributed by atoms with Crippen molar-refractivity contribution in [2.24, 2.45) is 0 Å². The van der Waals surface area contributed by atoms with Gasteiger partial charge in [-0.1, -0.05) is 31.0 Å². The van der Waals surface area contributed by atoms with E-state index in [1.54, 1.807) is 0 Å². The van der Waals surface area contributed by atoms with Crippen LogP contribution < -0.4 is 5.32 Å². The van der Waals surface area contributed by atoms with Crippen molar-refractivity contribution in [1.82, 2.24) is 15.2 Å². The SMILES string of the molecule is C#Cc1c[nH]c2ccc(-c3ccc(C(=O)N(C)C4CCC(NC(=O)CC)C4)cc3)cc12. The number of hydrogen-bond acceptors (Lipinski definition) is 2. The van der Waals surface area contributed by atoms with E-state index in [0.717, 1.165) is 46.9 Å². The number of terminal acetylenes is 1. The van der Waals surface area contributed by atoms with E-state index in [2.05, 4.69) is 22.3 Å². The number of nitrogens with zero attached hydrogens (tertiary/aromatic N) is 1. The minimum absolute atomic E-state index is 0.00900. The molecule has 2 atom stereocenters. The highest BCUT2D eigenvalue weighted by Gasteiger charge is 2.30. The molecule has 5 heteroatoms. The molecule has 0 aliphatic heterocycles. The number of carbonyl (C=O) groups excluding carboxylic acids is 2. The second-order valence-electron chi connectivity index (χ2n) is 8.19. The third kappa shape index (κ3) is 4.20. The highest BCUT2D eigenvalue weighted by Crippen LogP contribution is 2.28. The lowest BCUT2D eigenvalue weighted by atomic mass is 10.0. The number of fused-ring (bicyclic) bond motifs is 1. The highest BCUT2D eigenvalue weighted by atomic mass is 16.2. The van der Waals surface area contributed by atoms with Gasteiger partial charge in [0.15, 0.2) is 0 Å². The third-order valence-corrected chi connectivity index (χ3v) is 6.26. The number of aromatic nitrogens is 1. The molecule has 1 fully saturated rings. The van der Waals surface area contributed by atoms with Crippen molar-refractivity contribution < 1.29 is 9.59 Å². The van der Waals surface area contributed by atoms with Gasteiger partial charge in [0, 0.05) is 53.8 Å². The first-order valence-corrected chi connectivity index (χ1v) is 10.7. The van der Waals surface area contributed by atoms with E-state index < -0.39 is 0 Å². The van der Waals surface area contributed by atoms with E-state index in [1.807, 2.05) is 61.5 Å². The van der Waals surface area contributed by atoms with Crippen molar-refractivity contribution >= 4 is 22.7 Å². The molecule has 31 heavy (non-hydrogen) atoms. The van der Waals surface area contributed by atoms with Crippen LogP contribution in [0.15, 0.2) is 48.7 Å². The Labute approximate surface area is 182 Å². The summed E-state index contributed by atoms with van der Waals surface area (Å²) < 4.78 is 0. The number of nitrogens with one attached hydrogen (secondary N) is 2. The van der Waals surface area contributed by atoms with Crippen molar-refractivity contribution in [2.45, 2.75) is 44.7 Å². The second kappa shape index (κ2) is 8.69. The van der Waals surface area contributed by atoms with Crippen molar-refractivity contribution in [3.05, 3.63) is 59.8 Å². The summed E-state index contributed by atoms with van der Waals surface area (Å²) in [5, 5.41) is 4.06. The van der Waals surface area contributed by atoms with E-state index in [0.29, 0.717) is 12.0 Å². The van der Waals surface area contributed by atoms with Crippen LogP contribution in [0.3, 0.4) is 0 Å². The predicted molar refractivity (Wildman–Crippen MR) is 124 cm³/mol. The number of H-pyrrole nitrogens is 1. The third-order valence-electron chi connectivity index (χ3n) is 6.26. The summed E-state index contributed by atoms with van der Waals surface area (Å²) in [6.45, 7) is 1.85. The first-order valence-electron chi connectivity index (χ1n) is 10.7. The molecule has 1 aliphatic rings. The van der Waals surface area contributed by atoms with Gasteiger partial charge in [-0.25, -0.2) is 0 Å². The van der Waals surface area contributed by atoms with Crippen molar-refractivity contribution in [3.63, 3.8) is 0 Å². The monoisotopic (exact) mass is 413 g/mol. The van der Waals surface area contributed by atoms with E-state index in [9.17, 15) is 9.59 Å².